The molecule has 0 atom stereocenters. The molecule has 0 N–H and O–H groups in total. The summed E-state index contributed by atoms with van der Waals surface area (Å²) >= 11 is 25.7. The van der Waals surface area contributed by atoms with Gasteiger partial charge in [-0.05, 0) is 95.8 Å². The number of unbranched alkanes of at least 4 members (excludes halogenated alkanes) is 10. The lowest BCUT2D eigenvalue weighted by atomic mass is 9.97. The van der Waals surface area contributed by atoms with Crippen LogP contribution in [0.5, 0.6) is 0 Å². The van der Waals surface area contributed by atoms with Gasteiger partial charge in [0.1, 0.15) is 0 Å². The molecular formula is C44H60N8S6. The maximum absolute atomic E-state index is 6.44. The second kappa shape index (κ2) is 17.9. The zero-order chi connectivity index (χ0) is 39.9. The van der Waals surface area contributed by atoms with Crippen molar-refractivity contribution in [1.29, 1.82) is 0 Å². The van der Waals surface area contributed by atoms with Crippen molar-refractivity contribution in [3.05, 3.63) is 70.8 Å². The molecule has 4 bridgehead atoms. The number of benzene rings is 2. The zero-order valence-corrected chi connectivity index (χ0v) is 39.3. The Morgan fingerprint density at radius 1 is 0.448 bits per heavy atom. The highest BCUT2D eigenvalue weighted by Crippen LogP contribution is 2.49. The molecule has 0 amide bonds. The maximum atomic E-state index is 6.44. The van der Waals surface area contributed by atoms with E-state index in [-0.39, 0.29) is 0 Å². The average molecular weight is 893 g/mol. The molecular weight excluding hydrogens is 833 g/mol. The Kier molecular flexibility index (Phi) is 12.7. The number of thiocarbonyl (C=S) groups is 4. The van der Waals surface area contributed by atoms with E-state index in [4.69, 9.17) is 48.9 Å². The molecule has 7 heterocycles. The van der Waals surface area contributed by atoms with E-state index in [1.54, 1.807) is 0 Å². The summed E-state index contributed by atoms with van der Waals surface area (Å²) in [5, 5.41) is 6.39. The minimum absolute atomic E-state index is 0.399. The first-order chi connectivity index (χ1) is 28.3. The maximum Gasteiger partial charge on any atom is 0.189 e. The Balaban J connectivity index is 1.01. The van der Waals surface area contributed by atoms with Crippen LogP contribution in [-0.2, 0) is 26.2 Å². The number of fused-ring (bicyclic) bond motifs is 4. The van der Waals surface area contributed by atoms with Crippen molar-refractivity contribution in [1.82, 2.24) is 36.8 Å². The van der Waals surface area contributed by atoms with E-state index < -0.39 is 21.7 Å². The van der Waals surface area contributed by atoms with Crippen LogP contribution in [0.4, 0.5) is 0 Å². The summed E-state index contributed by atoms with van der Waals surface area (Å²) in [5.41, 5.74) is 5.09. The van der Waals surface area contributed by atoms with Crippen molar-refractivity contribution < 1.29 is 0 Å². The van der Waals surface area contributed by atoms with Gasteiger partial charge in [-0.2, -0.15) is 0 Å². The average Bonchev–Trinajstić information content (AvgIpc) is 3.86. The van der Waals surface area contributed by atoms with Gasteiger partial charge in [-0.25, -0.2) is 0 Å². The third-order valence-corrected chi connectivity index (χ3v) is 19.5. The number of rotatable bonds is 14. The van der Waals surface area contributed by atoms with Gasteiger partial charge in [-0.15, -0.1) is 0 Å². The third-order valence-electron chi connectivity index (χ3n) is 12.8. The highest BCUT2D eigenvalue weighted by atomic mass is 32.2. The van der Waals surface area contributed by atoms with Crippen LogP contribution in [0.3, 0.4) is 0 Å². The van der Waals surface area contributed by atoms with Gasteiger partial charge in [0.05, 0.1) is 47.9 Å². The van der Waals surface area contributed by atoms with Crippen LogP contribution in [0.1, 0.15) is 126 Å². The molecule has 0 radical (unpaired) electrons. The van der Waals surface area contributed by atoms with Gasteiger partial charge in [-0.3, -0.25) is 36.8 Å². The Labute approximate surface area is 374 Å². The van der Waals surface area contributed by atoms with Gasteiger partial charge >= 0.3 is 0 Å². The van der Waals surface area contributed by atoms with E-state index in [9.17, 15) is 0 Å². The molecule has 0 aliphatic carbocycles. The van der Waals surface area contributed by atoms with E-state index in [0.717, 1.165) is 72.8 Å². The molecule has 0 aromatic heterocycles. The van der Waals surface area contributed by atoms with Gasteiger partial charge in [0.25, 0.3) is 0 Å². The highest BCUT2D eigenvalue weighted by molar-refractivity contribution is 8.15. The summed E-state index contributed by atoms with van der Waals surface area (Å²) < 4.78 is 9.93. The fraction of sp³-hybridized carbons (Fsp3) is 0.591. The van der Waals surface area contributed by atoms with E-state index in [0.29, 0.717) is 11.8 Å². The van der Waals surface area contributed by atoms with Crippen molar-refractivity contribution in [3.63, 3.8) is 0 Å². The lowest BCUT2D eigenvalue weighted by Gasteiger charge is -2.41. The minimum Gasteiger partial charge on any atom is -0.296 e. The van der Waals surface area contributed by atoms with Crippen molar-refractivity contribution >= 4 is 101 Å². The van der Waals surface area contributed by atoms with E-state index in [2.05, 4.69) is 99.2 Å². The van der Waals surface area contributed by atoms with Crippen molar-refractivity contribution in [2.75, 3.05) is 26.2 Å². The molecule has 0 spiro atoms. The van der Waals surface area contributed by atoms with Crippen LogP contribution >= 0.6 is 70.6 Å². The van der Waals surface area contributed by atoms with Crippen molar-refractivity contribution in [3.8, 4) is 0 Å². The Bertz CT molecular complexity index is 1770. The van der Waals surface area contributed by atoms with Gasteiger partial charge in [0.15, 0.2) is 30.7 Å². The molecule has 2 saturated heterocycles. The van der Waals surface area contributed by atoms with Crippen LogP contribution in [0.2, 0.25) is 0 Å². The lowest BCUT2D eigenvalue weighted by molar-refractivity contribution is 0.280. The Morgan fingerprint density at radius 3 is 1.05 bits per heavy atom. The van der Waals surface area contributed by atoms with Gasteiger partial charge in [0, 0.05) is 26.2 Å². The first kappa shape index (κ1) is 41.0. The number of hydrogen-bond donors (Lipinski definition) is 0. The van der Waals surface area contributed by atoms with E-state index in [1.807, 2.05) is 0 Å². The van der Waals surface area contributed by atoms with Gasteiger partial charge < -0.3 is 0 Å². The fourth-order valence-corrected chi connectivity index (χ4v) is 16.6. The quantitative estimate of drug-likeness (QED) is 0.134. The molecule has 2 fully saturated rings. The van der Waals surface area contributed by atoms with Crippen LogP contribution in [0.15, 0.2) is 48.5 Å². The van der Waals surface area contributed by atoms with Crippen LogP contribution in [0, 0.1) is 11.8 Å². The largest absolute Gasteiger partial charge is 0.296 e. The third kappa shape index (κ3) is 7.85. The molecule has 0 saturated carbocycles. The molecule has 58 heavy (non-hydrogen) atoms. The summed E-state index contributed by atoms with van der Waals surface area (Å²) in [6, 6.07) is 18.3. The fourth-order valence-electron chi connectivity index (χ4n) is 9.88. The molecule has 2 aromatic carbocycles. The zero-order valence-electron chi connectivity index (χ0n) is 34.4. The van der Waals surface area contributed by atoms with Gasteiger partial charge in [-0.1, -0.05) is 139 Å². The van der Waals surface area contributed by atoms with Crippen LogP contribution in [0.25, 0.3) is 0 Å². The summed E-state index contributed by atoms with van der Waals surface area (Å²) in [5.74, 6) is 1.09. The van der Waals surface area contributed by atoms with Gasteiger partial charge in [0.2, 0.25) is 0 Å². The van der Waals surface area contributed by atoms with E-state index in [1.165, 1.54) is 122 Å². The number of hydrogen-bond acceptors (Lipinski definition) is 4. The molecule has 2 aromatic rings. The standard InChI is InChI=1S/C44H60N8S6/c1-3-5-7-9-11-13-17-37-25-45-39(53)49-29-33-19-15-21-35(23-33)31-51-41(55)47-27-38(18-14-12-10-8-6-4-2)28-48-42(56)52(58(51)44(47)48)32-36-22-16-20-34(24-36)30-50-40(54)46(26-37)43(45)57(49)50/h15-16,19-24,37-38H,3-14,17-18,25-32H2,1-2H3. The predicted molar refractivity (Wildman–Crippen MR) is 260 cm³/mol. The lowest BCUT2D eigenvalue weighted by Crippen LogP contribution is -2.56. The summed E-state index contributed by atoms with van der Waals surface area (Å²) in [7, 11) is -0.798. The van der Waals surface area contributed by atoms with Crippen LogP contribution < -0.4 is 0 Å². The van der Waals surface area contributed by atoms with Crippen molar-refractivity contribution in [2.45, 2.75) is 130 Å². The minimum atomic E-state index is -0.399. The highest BCUT2D eigenvalue weighted by Gasteiger charge is 2.52. The monoisotopic (exact) mass is 892 g/mol. The summed E-state index contributed by atoms with van der Waals surface area (Å²) in [6.45, 7) is 11.5. The normalized spacial score (nSPS) is 23.1. The second-order valence-corrected chi connectivity index (χ2v) is 22.3. The van der Waals surface area contributed by atoms with E-state index >= 15 is 0 Å². The molecule has 0 unspecified atom stereocenters. The molecule has 7 aliphatic rings. The smallest absolute Gasteiger partial charge is 0.189 e. The Hall–Kier alpha value is -2.36. The first-order valence-electron chi connectivity index (χ1n) is 22.1. The predicted octanol–water partition coefficient (Wildman–Crippen LogP) is 10.1. The van der Waals surface area contributed by atoms with Crippen LogP contribution in [-0.4, -0.2) is 93.7 Å². The molecule has 312 valence electrons. The molecule has 9 rings (SSSR count). The summed E-state index contributed by atoms with van der Waals surface area (Å²) in [6.07, 6.45) is 18.3. The topological polar surface area (TPSA) is 25.9 Å². The number of nitrogens with zero attached hydrogens (tertiary/aromatic N) is 8. The Morgan fingerprint density at radius 2 is 0.741 bits per heavy atom. The molecule has 7 aliphatic heterocycles. The van der Waals surface area contributed by atoms with Crippen molar-refractivity contribution in [2.24, 2.45) is 11.8 Å². The first-order valence-corrected chi connectivity index (χ1v) is 26.0. The summed E-state index contributed by atoms with van der Waals surface area (Å²) in [4.78, 5) is 9.84. The SMILES string of the molecule is CCCCCCCCC1CN2C(=S)N3Cc4cccc(c4)CN4C(=S)N5CC(CCCCCCCC)CN6C(=S)N(Cc7cccc(c7)CN7C(=S)N(C1)C2=S37)S4=C56. The molecule has 8 nitrogen and oxygen atoms in total. The second-order valence-electron chi connectivity index (χ2n) is 17.3. The molecule has 14 heteroatoms.